The van der Waals surface area contributed by atoms with E-state index in [1.165, 1.54) is 23.1 Å². The zero-order chi connectivity index (χ0) is 20.1. The second-order valence-corrected chi connectivity index (χ2v) is 10.3. The fourth-order valence-electron chi connectivity index (χ4n) is 4.04. The van der Waals surface area contributed by atoms with Crippen molar-refractivity contribution in [2.45, 2.75) is 43.4 Å². The molecular formula is C20H20ClN3O2S2. The molecule has 146 valence electrons. The lowest BCUT2D eigenvalue weighted by atomic mass is 9.69. The highest BCUT2D eigenvalue weighted by Gasteiger charge is 2.45. The number of hydrogen-bond acceptors (Lipinski definition) is 6. The van der Waals surface area contributed by atoms with Crippen LogP contribution in [0, 0.1) is 5.41 Å². The summed E-state index contributed by atoms with van der Waals surface area (Å²) in [6.07, 6.45) is 3.21. The molecule has 0 fully saturated rings. The Morgan fingerprint density at radius 1 is 1.21 bits per heavy atom. The van der Waals surface area contributed by atoms with Crippen LogP contribution in [-0.2, 0) is 9.59 Å². The summed E-state index contributed by atoms with van der Waals surface area (Å²) in [5, 5.41) is 9.47. The van der Waals surface area contributed by atoms with E-state index in [1.54, 1.807) is 11.0 Å². The second-order valence-electron chi connectivity index (χ2n) is 7.86. The van der Waals surface area contributed by atoms with Gasteiger partial charge >= 0.3 is 0 Å². The molecule has 4 rings (SSSR count). The maximum absolute atomic E-state index is 13.2. The first-order valence-corrected chi connectivity index (χ1v) is 11.4. The molecule has 1 aliphatic heterocycles. The lowest BCUT2D eigenvalue weighted by molar-refractivity contribution is -0.121. The number of hydrogen-bond donors (Lipinski definition) is 0. The maximum atomic E-state index is 13.2. The van der Waals surface area contributed by atoms with Crippen LogP contribution in [0.3, 0.4) is 0 Å². The molecule has 2 aliphatic rings. The van der Waals surface area contributed by atoms with Crippen molar-refractivity contribution in [3.63, 3.8) is 0 Å². The van der Waals surface area contributed by atoms with E-state index in [-0.39, 0.29) is 29.4 Å². The maximum Gasteiger partial charge on any atom is 0.234 e. The number of carbonyl (C=O) groups is 2. The van der Waals surface area contributed by atoms with Crippen LogP contribution in [0.15, 0.2) is 39.9 Å². The smallest absolute Gasteiger partial charge is 0.234 e. The van der Waals surface area contributed by atoms with E-state index in [1.807, 2.05) is 24.5 Å². The van der Waals surface area contributed by atoms with E-state index >= 15 is 0 Å². The Morgan fingerprint density at radius 2 is 1.96 bits per heavy atom. The third-order valence-corrected chi connectivity index (χ3v) is 7.41. The summed E-state index contributed by atoms with van der Waals surface area (Å²) in [6, 6.07) is 7.46. The lowest BCUT2D eigenvalue weighted by Crippen LogP contribution is -2.43. The van der Waals surface area contributed by atoms with Crippen molar-refractivity contribution in [2.24, 2.45) is 5.41 Å². The largest absolute Gasteiger partial charge is 0.294 e. The van der Waals surface area contributed by atoms with Gasteiger partial charge in [-0.05, 0) is 29.7 Å². The summed E-state index contributed by atoms with van der Waals surface area (Å²) < 4.78 is 0.791. The van der Waals surface area contributed by atoms with E-state index in [9.17, 15) is 9.59 Å². The van der Waals surface area contributed by atoms with E-state index in [0.29, 0.717) is 28.6 Å². The average Bonchev–Trinajstić information content (AvgIpc) is 3.09. The fraction of sp³-hybridized carbons (Fsp3) is 0.400. The minimum absolute atomic E-state index is 0.0713. The zero-order valence-corrected chi connectivity index (χ0v) is 18.2. The zero-order valence-electron chi connectivity index (χ0n) is 15.9. The van der Waals surface area contributed by atoms with E-state index in [2.05, 4.69) is 24.0 Å². The number of Topliss-reactive ketones (excluding diaryl/α,β-unsaturated/α-hetero) is 1. The molecule has 1 aromatic carbocycles. The number of rotatable bonds is 3. The van der Waals surface area contributed by atoms with Crippen LogP contribution in [0.5, 0.6) is 0 Å². The first-order valence-electron chi connectivity index (χ1n) is 9.02. The molecule has 0 saturated heterocycles. The average molecular weight is 434 g/mol. The molecule has 0 N–H and O–H groups in total. The van der Waals surface area contributed by atoms with Crippen molar-refractivity contribution in [1.82, 2.24) is 10.2 Å². The summed E-state index contributed by atoms with van der Waals surface area (Å²) in [5.41, 5.74) is 2.07. The minimum atomic E-state index is -0.316. The Kier molecular flexibility index (Phi) is 5.10. The molecule has 1 amide bonds. The van der Waals surface area contributed by atoms with Crippen LogP contribution in [0.25, 0.3) is 0 Å². The standard InChI is InChI=1S/C20H20ClN3O2S2/c1-20(2)9-14-17(15(25)10-20)12(11-6-4-5-7-13(11)21)8-16(26)24(14)18-22-23-19(27-3)28-18/h4-7,12H,8-10H2,1-3H3/t12-/m0/s1. The molecule has 1 aliphatic carbocycles. The number of thioether (sulfide) groups is 1. The molecule has 0 spiro atoms. The number of halogens is 1. The van der Waals surface area contributed by atoms with Crippen LogP contribution in [0.2, 0.25) is 5.02 Å². The van der Waals surface area contributed by atoms with Gasteiger partial charge in [0.2, 0.25) is 11.0 Å². The quantitative estimate of drug-likeness (QED) is 0.499. The predicted octanol–water partition coefficient (Wildman–Crippen LogP) is 5.08. The van der Waals surface area contributed by atoms with Crippen molar-refractivity contribution < 1.29 is 9.59 Å². The number of nitrogens with zero attached hydrogens (tertiary/aromatic N) is 3. The van der Waals surface area contributed by atoms with E-state index in [0.717, 1.165) is 15.6 Å². The van der Waals surface area contributed by atoms with Gasteiger partial charge in [0, 0.05) is 35.1 Å². The van der Waals surface area contributed by atoms with Crippen LogP contribution in [-0.4, -0.2) is 28.1 Å². The molecule has 8 heteroatoms. The van der Waals surface area contributed by atoms with Crippen LogP contribution in [0.1, 0.15) is 44.6 Å². The lowest BCUT2D eigenvalue weighted by Gasteiger charge is -2.41. The van der Waals surface area contributed by atoms with E-state index < -0.39 is 0 Å². The number of aromatic nitrogens is 2. The molecule has 5 nitrogen and oxygen atoms in total. The summed E-state index contributed by atoms with van der Waals surface area (Å²) in [4.78, 5) is 28.1. The van der Waals surface area contributed by atoms with Gasteiger partial charge in [0.05, 0.1) is 0 Å². The Hall–Kier alpha value is -1.70. The highest BCUT2D eigenvalue weighted by molar-refractivity contribution is 8.00. The topological polar surface area (TPSA) is 63.2 Å². The third kappa shape index (κ3) is 3.40. The normalized spacial score (nSPS) is 21.9. The second kappa shape index (κ2) is 7.28. The molecular weight excluding hydrogens is 414 g/mol. The Labute approximate surface area is 177 Å². The summed E-state index contributed by atoms with van der Waals surface area (Å²) in [5.74, 6) is -0.301. The highest BCUT2D eigenvalue weighted by atomic mass is 35.5. The molecule has 0 unspecified atom stereocenters. The molecule has 1 aromatic heterocycles. The number of carbonyl (C=O) groups excluding carboxylic acids is 2. The summed E-state index contributed by atoms with van der Waals surface area (Å²) in [7, 11) is 0. The van der Waals surface area contributed by atoms with Crippen LogP contribution >= 0.6 is 34.7 Å². The molecule has 0 saturated carbocycles. The van der Waals surface area contributed by atoms with Crippen LogP contribution in [0.4, 0.5) is 5.13 Å². The molecule has 1 atom stereocenters. The molecule has 28 heavy (non-hydrogen) atoms. The molecule has 2 heterocycles. The van der Waals surface area contributed by atoms with Gasteiger partial charge in [0.25, 0.3) is 0 Å². The Bertz CT molecular complexity index is 999. The van der Waals surface area contributed by atoms with Gasteiger partial charge in [0.15, 0.2) is 10.1 Å². The fourth-order valence-corrected chi connectivity index (χ4v) is 5.61. The number of benzene rings is 1. The molecule has 0 bridgehead atoms. The van der Waals surface area contributed by atoms with Crippen molar-refractivity contribution in [2.75, 3.05) is 11.2 Å². The Balaban J connectivity index is 1.90. The monoisotopic (exact) mass is 433 g/mol. The first-order chi connectivity index (χ1) is 13.3. The van der Waals surface area contributed by atoms with E-state index in [4.69, 9.17) is 11.6 Å². The first kappa shape index (κ1) is 19.6. The van der Waals surface area contributed by atoms with Crippen molar-refractivity contribution in [3.8, 4) is 0 Å². The summed E-state index contributed by atoms with van der Waals surface area (Å²) in [6.45, 7) is 4.12. The highest BCUT2D eigenvalue weighted by Crippen LogP contribution is 2.49. The van der Waals surface area contributed by atoms with Gasteiger partial charge < -0.3 is 0 Å². The van der Waals surface area contributed by atoms with Gasteiger partial charge in [0.1, 0.15) is 0 Å². The third-order valence-electron chi connectivity index (χ3n) is 5.19. The molecule has 0 radical (unpaired) electrons. The minimum Gasteiger partial charge on any atom is -0.294 e. The van der Waals surface area contributed by atoms with Gasteiger partial charge in [-0.1, -0.05) is 66.7 Å². The van der Waals surface area contributed by atoms with Crippen molar-refractivity contribution in [1.29, 1.82) is 0 Å². The number of allylic oxidation sites excluding steroid dienone is 2. The van der Waals surface area contributed by atoms with Crippen LogP contribution < -0.4 is 4.90 Å². The van der Waals surface area contributed by atoms with Crippen molar-refractivity contribution in [3.05, 3.63) is 46.1 Å². The number of anilines is 1. The number of ketones is 1. The Morgan fingerprint density at radius 3 is 2.64 bits per heavy atom. The van der Waals surface area contributed by atoms with Gasteiger partial charge in [-0.2, -0.15) is 0 Å². The predicted molar refractivity (Wildman–Crippen MR) is 113 cm³/mol. The van der Waals surface area contributed by atoms with Crippen molar-refractivity contribution >= 4 is 51.5 Å². The summed E-state index contributed by atoms with van der Waals surface area (Å²) >= 11 is 9.30. The van der Waals surface area contributed by atoms with Gasteiger partial charge in [-0.3, -0.25) is 14.5 Å². The van der Waals surface area contributed by atoms with Gasteiger partial charge in [-0.25, -0.2) is 0 Å². The SMILES string of the molecule is CSc1nnc(N2C(=O)C[C@@H](c3ccccc3Cl)C3=C2CC(C)(C)CC3=O)s1. The number of amides is 1. The molecule has 2 aromatic rings. The van der Waals surface area contributed by atoms with Gasteiger partial charge in [-0.15, -0.1) is 10.2 Å².